The van der Waals surface area contributed by atoms with E-state index in [0.717, 1.165) is 11.3 Å². The van der Waals surface area contributed by atoms with Gasteiger partial charge in [0.25, 0.3) is 0 Å². The number of thioether (sulfide) groups is 1. The van der Waals surface area contributed by atoms with E-state index in [2.05, 4.69) is 16.4 Å². The second kappa shape index (κ2) is 10.00. The van der Waals surface area contributed by atoms with Gasteiger partial charge in [0.1, 0.15) is 11.1 Å². The minimum atomic E-state index is -0.178. The van der Waals surface area contributed by atoms with Crippen molar-refractivity contribution in [3.05, 3.63) is 75.2 Å². The summed E-state index contributed by atoms with van der Waals surface area (Å²) in [6.07, 6.45) is 0.243. The van der Waals surface area contributed by atoms with Crippen LogP contribution in [0, 0.1) is 11.3 Å². The summed E-state index contributed by atoms with van der Waals surface area (Å²) >= 11 is 19.2. The predicted octanol–water partition coefficient (Wildman–Crippen LogP) is 6.70. The molecule has 0 saturated carbocycles. The fraction of sp³-hybridized carbons (Fsp3) is 0.0952. The Morgan fingerprint density at radius 2 is 1.69 bits per heavy atom. The van der Waals surface area contributed by atoms with E-state index in [9.17, 15) is 10.1 Å². The molecular weight excluding hydrogens is 449 g/mol. The number of carbonyl (C=O) groups excluding carboxylic acids is 1. The van der Waals surface area contributed by atoms with Crippen LogP contribution in [0.15, 0.2) is 59.6 Å². The molecule has 0 aliphatic heterocycles. The molecule has 1 amide bonds. The molecule has 0 bridgehead atoms. The molecule has 3 rings (SSSR count). The Morgan fingerprint density at radius 3 is 2.34 bits per heavy atom. The molecule has 1 heterocycles. The lowest BCUT2D eigenvalue weighted by molar-refractivity contribution is -0.115. The Morgan fingerprint density at radius 1 is 1.00 bits per heavy atom. The molecule has 0 fully saturated rings. The van der Waals surface area contributed by atoms with E-state index in [0.29, 0.717) is 37.1 Å². The quantitative estimate of drug-likeness (QED) is 0.414. The smallest absolute Gasteiger partial charge is 0.225 e. The lowest BCUT2D eigenvalue weighted by Gasteiger charge is -2.08. The molecule has 1 aromatic heterocycles. The number of pyridine rings is 1. The van der Waals surface area contributed by atoms with Gasteiger partial charge in [-0.3, -0.25) is 4.79 Å². The number of nitrogens with one attached hydrogen (secondary N) is 1. The van der Waals surface area contributed by atoms with Crippen molar-refractivity contribution in [2.75, 3.05) is 11.1 Å². The lowest BCUT2D eigenvalue weighted by Crippen LogP contribution is -2.12. The number of hydrogen-bond donors (Lipinski definition) is 1. The van der Waals surface area contributed by atoms with Gasteiger partial charge < -0.3 is 5.32 Å². The Kier molecular flexibility index (Phi) is 7.40. The van der Waals surface area contributed by atoms with E-state index in [4.69, 9.17) is 34.8 Å². The Bertz CT molecular complexity index is 1060. The average molecular weight is 463 g/mol. The minimum Gasteiger partial charge on any atom is -0.326 e. The summed E-state index contributed by atoms with van der Waals surface area (Å²) in [7, 11) is 0. The van der Waals surface area contributed by atoms with Gasteiger partial charge in [0.2, 0.25) is 5.91 Å². The van der Waals surface area contributed by atoms with Gasteiger partial charge in [0.05, 0.1) is 11.3 Å². The highest BCUT2D eigenvalue weighted by molar-refractivity contribution is 7.99. The van der Waals surface area contributed by atoms with E-state index in [1.165, 1.54) is 11.8 Å². The normalized spacial score (nSPS) is 10.4. The Labute approximate surface area is 187 Å². The van der Waals surface area contributed by atoms with Crippen molar-refractivity contribution in [1.82, 2.24) is 4.98 Å². The summed E-state index contributed by atoms with van der Waals surface area (Å²) in [6, 6.07) is 17.8. The first-order valence-corrected chi connectivity index (χ1v) is 10.6. The van der Waals surface area contributed by atoms with Crippen molar-refractivity contribution in [2.24, 2.45) is 0 Å². The van der Waals surface area contributed by atoms with Crippen LogP contribution in [-0.2, 0) is 4.79 Å². The number of benzene rings is 2. The number of amides is 1. The van der Waals surface area contributed by atoms with Gasteiger partial charge in [-0.05, 0) is 42.5 Å². The van der Waals surface area contributed by atoms with Gasteiger partial charge in [-0.1, -0.05) is 46.9 Å². The Hall–Kier alpha value is -2.23. The zero-order chi connectivity index (χ0) is 20.8. The van der Waals surface area contributed by atoms with Crippen molar-refractivity contribution >= 4 is 58.2 Å². The molecule has 8 heteroatoms. The maximum absolute atomic E-state index is 12.2. The van der Waals surface area contributed by atoms with Crippen molar-refractivity contribution in [3.8, 4) is 17.3 Å². The molecule has 1 N–H and O–H groups in total. The largest absolute Gasteiger partial charge is 0.326 e. The van der Waals surface area contributed by atoms with E-state index in [-0.39, 0.29) is 12.3 Å². The monoisotopic (exact) mass is 461 g/mol. The second-order valence-corrected chi connectivity index (χ2v) is 8.37. The molecule has 0 unspecified atom stereocenters. The van der Waals surface area contributed by atoms with Crippen molar-refractivity contribution in [2.45, 2.75) is 11.4 Å². The first-order valence-electron chi connectivity index (χ1n) is 8.50. The number of anilines is 1. The van der Waals surface area contributed by atoms with E-state index < -0.39 is 0 Å². The van der Waals surface area contributed by atoms with Gasteiger partial charge in [-0.2, -0.15) is 5.26 Å². The first-order chi connectivity index (χ1) is 13.9. The van der Waals surface area contributed by atoms with Crippen molar-refractivity contribution in [1.29, 1.82) is 5.26 Å². The van der Waals surface area contributed by atoms with Crippen LogP contribution in [0.2, 0.25) is 15.1 Å². The van der Waals surface area contributed by atoms with Crippen LogP contribution in [0.4, 0.5) is 5.69 Å². The average Bonchev–Trinajstić information content (AvgIpc) is 2.67. The zero-order valence-corrected chi connectivity index (χ0v) is 18.0. The van der Waals surface area contributed by atoms with Gasteiger partial charge in [-0.25, -0.2) is 4.98 Å². The summed E-state index contributed by atoms with van der Waals surface area (Å²) < 4.78 is 0. The molecule has 0 saturated heterocycles. The van der Waals surface area contributed by atoms with Crippen LogP contribution in [0.3, 0.4) is 0 Å². The molecule has 3 aromatic rings. The number of nitriles is 1. The van der Waals surface area contributed by atoms with Crippen LogP contribution in [0.5, 0.6) is 0 Å². The number of aromatic nitrogens is 1. The molecule has 146 valence electrons. The number of carbonyl (C=O) groups is 1. The topological polar surface area (TPSA) is 65.8 Å². The van der Waals surface area contributed by atoms with E-state index in [1.54, 1.807) is 42.5 Å². The SMILES string of the molecule is N#Cc1ccc(-c2ccc(Cl)cc2)nc1SCCC(=O)Nc1cc(Cl)cc(Cl)c1. The van der Waals surface area contributed by atoms with Crippen molar-refractivity contribution < 1.29 is 4.79 Å². The molecule has 2 aromatic carbocycles. The maximum atomic E-state index is 12.2. The fourth-order valence-corrected chi connectivity index (χ4v) is 4.07. The van der Waals surface area contributed by atoms with Crippen LogP contribution in [0.1, 0.15) is 12.0 Å². The highest BCUT2D eigenvalue weighted by Crippen LogP contribution is 2.27. The number of hydrogen-bond acceptors (Lipinski definition) is 4. The van der Waals surface area contributed by atoms with Crippen molar-refractivity contribution in [3.63, 3.8) is 0 Å². The molecule has 0 aliphatic rings. The third-order valence-corrected chi connectivity index (χ3v) is 5.52. The highest BCUT2D eigenvalue weighted by atomic mass is 35.5. The van der Waals surface area contributed by atoms with Gasteiger partial charge in [-0.15, -0.1) is 11.8 Å². The molecule has 0 radical (unpaired) electrons. The van der Waals surface area contributed by atoms with E-state index >= 15 is 0 Å². The summed E-state index contributed by atoms with van der Waals surface area (Å²) in [6.45, 7) is 0. The van der Waals surface area contributed by atoms with Crippen LogP contribution in [0.25, 0.3) is 11.3 Å². The highest BCUT2D eigenvalue weighted by Gasteiger charge is 2.10. The zero-order valence-electron chi connectivity index (χ0n) is 15.0. The van der Waals surface area contributed by atoms with Gasteiger partial charge >= 0.3 is 0 Å². The van der Waals surface area contributed by atoms with Crippen LogP contribution >= 0.6 is 46.6 Å². The standard InChI is InChI=1S/C21H14Cl3N3OS/c22-15-4-1-13(2-5-15)19-6-3-14(12-25)21(27-19)29-8-7-20(28)26-18-10-16(23)9-17(24)11-18/h1-6,9-11H,7-8H2,(H,26,28). The first kappa shape index (κ1) is 21.5. The van der Waals surface area contributed by atoms with Crippen LogP contribution in [-0.4, -0.2) is 16.6 Å². The van der Waals surface area contributed by atoms with E-state index in [1.807, 2.05) is 12.1 Å². The summed E-state index contributed by atoms with van der Waals surface area (Å²) in [5.74, 6) is 0.287. The predicted molar refractivity (Wildman–Crippen MR) is 120 cm³/mol. The third kappa shape index (κ3) is 6.12. The summed E-state index contributed by atoms with van der Waals surface area (Å²) in [4.78, 5) is 16.8. The minimum absolute atomic E-state index is 0.178. The summed E-state index contributed by atoms with van der Waals surface area (Å²) in [5.41, 5.74) is 2.64. The fourth-order valence-electron chi connectivity index (χ4n) is 2.51. The second-order valence-electron chi connectivity index (χ2n) is 5.97. The third-order valence-electron chi connectivity index (χ3n) is 3.83. The maximum Gasteiger partial charge on any atom is 0.225 e. The molecule has 0 atom stereocenters. The van der Waals surface area contributed by atoms with Gasteiger partial charge in [0.15, 0.2) is 0 Å². The molecule has 0 spiro atoms. The van der Waals surface area contributed by atoms with Crippen LogP contribution < -0.4 is 5.32 Å². The number of halogens is 3. The lowest BCUT2D eigenvalue weighted by atomic mass is 10.1. The number of rotatable bonds is 6. The van der Waals surface area contributed by atoms with Gasteiger partial charge in [0, 0.05) is 38.5 Å². The number of nitrogens with zero attached hydrogens (tertiary/aromatic N) is 2. The summed E-state index contributed by atoms with van der Waals surface area (Å²) in [5, 5.41) is 14.2. The molecular formula is C21H14Cl3N3OS. The molecule has 29 heavy (non-hydrogen) atoms. The molecule has 4 nitrogen and oxygen atoms in total. The molecule has 0 aliphatic carbocycles. The Balaban J connectivity index is 1.65.